The number of aryl methyl sites for hydroxylation is 1. The van der Waals surface area contributed by atoms with Crippen LogP contribution in [-0.4, -0.2) is 41.9 Å². The largest absolute Gasteiger partial charge is 0.350 e. The van der Waals surface area contributed by atoms with Gasteiger partial charge in [-0.2, -0.15) is 0 Å². The highest BCUT2D eigenvalue weighted by atomic mass is 16.2. The summed E-state index contributed by atoms with van der Waals surface area (Å²) in [5.41, 5.74) is 2.36. The van der Waals surface area contributed by atoms with Crippen LogP contribution in [0.2, 0.25) is 0 Å². The molecule has 1 aliphatic heterocycles. The second-order valence-electron chi connectivity index (χ2n) is 7.79. The summed E-state index contributed by atoms with van der Waals surface area (Å²) in [5, 5.41) is 1.19. The zero-order valence-corrected chi connectivity index (χ0v) is 15.6. The Kier molecular flexibility index (Phi) is 4.19. The van der Waals surface area contributed by atoms with Crippen molar-refractivity contribution in [1.82, 2.24) is 9.47 Å². The van der Waals surface area contributed by atoms with Gasteiger partial charge in [-0.05, 0) is 18.9 Å². The van der Waals surface area contributed by atoms with E-state index in [9.17, 15) is 9.59 Å². The minimum absolute atomic E-state index is 0.0100. The molecule has 1 aromatic carbocycles. The molecule has 0 spiro atoms. The normalized spacial score (nSPS) is 23.9. The van der Waals surface area contributed by atoms with Crippen LogP contribution in [0.4, 0.5) is 0 Å². The fourth-order valence-electron chi connectivity index (χ4n) is 4.47. The lowest BCUT2D eigenvalue weighted by Gasteiger charge is -2.25. The molecule has 0 radical (unpaired) electrons. The molecule has 1 N–H and O–H groups in total. The van der Waals surface area contributed by atoms with Crippen molar-refractivity contribution in [3.8, 4) is 0 Å². The molecule has 0 saturated carbocycles. The first-order chi connectivity index (χ1) is 12.5. The van der Waals surface area contributed by atoms with Crippen molar-refractivity contribution >= 4 is 22.7 Å². The number of hydrogen-bond acceptors (Lipinski definition) is 2. The summed E-state index contributed by atoms with van der Waals surface area (Å²) in [6.45, 7) is 0.445. The van der Waals surface area contributed by atoms with Gasteiger partial charge >= 0.3 is 0 Å². The molecule has 2 amide bonds. The van der Waals surface area contributed by atoms with Gasteiger partial charge in [0.1, 0.15) is 6.04 Å². The number of benzene rings is 1. The average molecular weight is 352 g/mol. The molecule has 1 saturated heterocycles. The highest BCUT2D eigenvalue weighted by molar-refractivity contribution is 6.05. The van der Waals surface area contributed by atoms with Crippen molar-refractivity contribution < 1.29 is 14.5 Å². The van der Waals surface area contributed by atoms with E-state index >= 15 is 0 Å². The van der Waals surface area contributed by atoms with Crippen molar-refractivity contribution in [1.29, 1.82) is 0 Å². The van der Waals surface area contributed by atoms with E-state index in [1.807, 2.05) is 31.3 Å². The lowest BCUT2D eigenvalue weighted by Crippen LogP contribution is -3.07. The number of carbonyl (C=O) groups excluding carboxylic acids is 2. The summed E-state index contributed by atoms with van der Waals surface area (Å²) in [7, 11) is 6.22. The minimum atomic E-state index is -0.155. The number of nitrogens with zero attached hydrogens (tertiary/aromatic N) is 2. The summed E-state index contributed by atoms with van der Waals surface area (Å²) in [4.78, 5) is 28.5. The third-order valence-corrected chi connectivity index (χ3v) is 5.96. The van der Waals surface area contributed by atoms with E-state index in [0.29, 0.717) is 19.4 Å². The van der Waals surface area contributed by atoms with Gasteiger partial charge in [-0.3, -0.25) is 14.5 Å². The summed E-state index contributed by atoms with van der Waals surface area (Å²) < 4.78 is 2.12. The van der Waals surface area contributed by atoms with Crippen LogP contribution < -0.4 is 4.90 Å². The molecule has 3 atom stereocenters. The first-order valence-electron chi connectivity index (χ1n) is 9.33. The maximum Gasteiger partial charge on any atom is 0.233 e. The molecule has 26 heavy (non-hydrogen) atoms. The Hall–Kier alpha value is -2.40. The van der Waals surface area contributed by atoms with Gasteiger partial charge in [0.05, 0.1) is 32.5 Å². The van der Waals surface area contributed by atoms with Gasteiger partial charge in [-0.15, -0.1) is 0 Å². The number of amides is 2. The number of imide groups is 1. The predicted octanol–water partition coefficient (Wildman–Crippen LogP) is 1.32. The number of aromatic nitrogens is 1. The van der Waals surface area contributed by atoms with E-state index in [-0.39, 0.29) is 29.7 Å². The maximum absolute atomic E-state index is 12.9. The third-order valence-electron chi connectivity index (χ3n) is 5.96. The van der Waals surface area contributed by atoms with Crippen LogP contribution in [0.5, 0.6) is 0 Å². The molecule has 2 aromatic rings. The second-order valence-corrected chi connectivity index (χ2v) is 7.79. The fourth-order valence-corrected chi connectivity index (χ4v) is 4.47. The molecule has 2 heterocycles. The first-order valence-corrected chi connectivity index (χ1v) is 9.33. The Balaban J connectivity index is 1.68. The zero-order valence-electron chi connectivity index (χ0n) is 15.6. The van der Waals surface area contributed by atoms with Crippen molar-refractivity contribution in [3.63, 3.8) is 0 Å². The number of para-hydroxylation sites is 1. The molecule has 0 bridgehead atoms. The molecule has 1 fully saturated rings. The third kappa shape index (κ3) is 2.58. The molecule has 4 rings (SSSR count). The lowest BCUT2D eigenvalue weighted by atomic mass is 9.85. The number of carbonyl (C=O) groups is 2. The number of allylic oxidation sites excluding steroid dienone is 2. The molecule has 1 aromatic heterocycles. The highest BCUT2D eigenvalue weighted by Gasteiger charge is 2.48. The van der Waals surface area contributed by atoms with E-state index < -0.39 is 0 Å². The quantitative estimate of drug-likeness (QED) is 0.666. The van der Waals surface area contributed by atoms with Gasteiger partial charge in [0.25, 0.3) is 0 Å². The number of hydrogen-bond donors (Lipinski definition) is 1. The van der Waals surface area contributed by atoms with Crippen LogP contribution in [0.15, 0.2) is 42.6 Å². The number of nitrogens with one attached hydrogen (secondary N) is 1. The van der Waals surface area contributed by atoms with Crippen molar-refractivity contribution in [2.75, 3.05) is 20.6 Å². The maximum atomic E-state index is 12.9. The van der Waals surface area contributed by atoms with Gasteiger partial charge in [-0.25, -0.2) is 0 Å². The van der Waals surface area contributed by atoms with Gasteiger partial charge in [0, 0.05) is 29.7 Å². The molecular formula is C21H26N3O2+. The summed E-state index contributed by atoms with van der Waals surface area (Å²) in [6, 6.07) is 8.36. The standard InChI is InChI=1S/C21H25N3O2/c1-22(2)19(17-12-23(3)18-11-7-6-8-14(17)18)13-24-20(25)15-9-4-5-10-16(15)21(24)26/h4-8,11-12,15-16,19H,9-10,13H2,1-3H3/p+1/t15-,16-,19+/m0/s1. The van der Waals surface area contributed by atoms with Gasteiger partial charge in [-0.1, -0.05) is 30.4 Å². The van der Waals surface area contributed by atoms with Crippen molar-refractivity contribution in [2.45, 2.75) is 18.9 Å². The van der Waals surface area contributed by atoms with Gasteiger partial charge < -0.3 is 9.47 Å². The molecule has 1 aliphatic carbocycles. The van der Waals surface area contributed by atoms with E-state index in [4.69, 9.17) is 0 Å². The smallest absolute Gasteiger partial charge is 0.233 e. The summed E-state index contributed by atoms with van der Waals surface area (Å²) >= 11 is 0. The van der Waals surface area contributed by atoms with Crippen LogP contribution >= 0.6 is 0 Å². The Labute approximate surface area is 153 Å². The van der Waals surface area contributed by atoms with Crippen LogP contribution in [0.3, 0.4) is 0 Å². The van der Waals surface area contributed by atoms with Crippen molar-refractivity contribution in [2.24, 2.45) is 18.9 Å². The van der Waals surface area contributed by atoms with Crippen LogP contribution in [0, 0.1) is 11.8 Å². The Morgan fingerprint density at radius 2 is 1.69 bits per heavy atom. The van der Waals surface area contributed by atoms with E-state index in [1.54, 1.807) is 0 Å². The summed E-state index contributed by atoms with van der Waals surface area (Å²) in [6.07, 6.45) is 7.60. The zero-order chi connectivity index (χ0) is 18.4. The van der Waals surface area contributed by atoms with Gasteiger partial charge in [0.2, 0.25) is 11.8 Å². The van der Waals surface area contributed by atoms with Gasteiger partial charge in [0.15, 0.2) is 0 Å². The van der Waals surface area contributed by atoms with Crippen LogP contribution in [0.1, 0.15) is 24.4 Å². The topological polar surface area (TPSA) is 46.8 Å². The molecule has 2 aliphatic rings. The average Bonchev–Trinajstić information content (AvgIpc) is 3.09. The number of likely N-dealkylation sites (N-methyl/N-ethyl adjacent to an activating group) is 1. The van der Waals surface area contributed by atoms with E-state index in [1.165, 1.54) is 26.3 Å². The molecule has 0 unspecified atom stereocenters. The Morgan fingerprint density at radius 3 is 2.31 bits per heavy atom. The Morgan fingerprint density at radius 1 is 1.08 bits per heavy atom. The minimum Gasteiger partial charge on any atom is -0.350 e. The van der Waals surface area contributed by atoms with Crippen molar-refractivity contribution in [3.05, 3.63) is 48.2 Å². The number of fused-ring (bicyclic) bond motifs is 2. The number of likely N-dealkylation sites (tertiary alicyclic amines) is 1. The lowest BCUT2D eigenvalue weighted by molar-refractivity contribution is -0.891. The number of quaternary nitrogens is 1. The molecular weight excluding hydrogens is 326 g/mol. The molecule has 136 valence electrons. The van der Waals surface area contributed by atoms with E-state index in [0.717, 1.165) is 0 Å². The molecule has 5 nitrogen and oxygen atoms in total. The van der Waals surface area contributed by atoms with Crippen LogP contribution in [0.25, 0.3) is 10.9 Å². The van der Waals surface area contributed by atoms with Crippen LogP contribution in [-0.2, 0) is 16.6 Å². The monoisotopic (exact) mass is 352 g/mol. The SMILES string of the molecule is Cn1cc([C@@H](CN2C(=O)[C@H]3CC=CC[C@@H]3C2=O)[NH+](C)C)c2ccccc21. The fraction of sp³-hybridized carbons (Fsp3) is 0.429. The van der Waals surface area contributed by atoms with E-state index in [2.05, 4.69) is 37.0 Å². The Bertz CT molecular complexity index is 870. The summed E-state index contributed by atoms with van der Waals surface area (Å²) in [5.74, 6) is -0.290. The number of rotatable bonds is 4. The highest BCUT2D eigenvalue weighted by Crippen LogP contribution is 2.36. The molecule has 5 heteroatoms. The predicted molar refractivity (Wildman–Crippen MR) is 101 cm³/mol. The first kappa shape index (κ1) is 17.0. The second kappa shape index (κ2) is 6.40.